The van der Waals surface area contributed by atoms with Gasteiger partial charge in [0.05, 0.1) is 24.2 Å². The molecular weight excluding hydrogens is 543 g/mol. The van der Waals surface area contributed by atoms with E-state index in [0.717, 1.165) is 59.9 Å². The molecule has 1 aromatic carbocycles. The molecule has 2 saturated heterocycles. The number of halogens is 2. The van der Waals surface area contributed by atoms with E-state index < -0.39 is 17.8 Å². The summed E-state index contributed by atoms with van der Waals surface area (Å²) in [5.74, 6) is -0.989. The number of aromatic nitrogens is 2. The maximum atomic E-state index is 13.8. The average molecular weight is 577 g/mol. The van der Waals surface area contributed by atoms with Gasteiger partial charge in [0.15, 0.2) is 5.83 Å². The number of benzene rings is 1. The third-order valence-corrected chi connectivity index (χ3v) is 9.52. The Balaban J connectivity index is 1.34. The third-order valence-electron chi connectivity index (χ3n) is 9.19. The zero-order valence-electron chi connectivity index (χ0n) is 23.3. The van der Waals surface area contributed by atoms with Crippen molar-refractivity contribution < 1.29 is 13.9 Å². The Morgan fingerprint density at radius 3 is 2.90 bits per heavy atom. The first-order chi connectivity index (χ1) is 19.8. The molecule has 4 aliphatic rings. The first kappa shape index (κ1) is 27.7. The summed E-state index contributed by atoms with van der Waals surface area (Å²) in [7, 11) is 2.11. The Labute approximate surface area is 245 Å². The molecule has 41 heavy (non-hydrogen) atoms. The lowest BCUT2D eigenvalue weighted by Crippen LogP contribution is -2.55. The number of anilines is 1. The molecule has 2 fully saturated rings. The summed E-state index contributed by atoms with van der Waals surface area (Å²) in [6.07, 6.45) is 9.04. The molecule has 2 aromatic rings. The number of nitrogens with zero attached hydrogens (tertiary/aromatic N) is 6. The van der Waals surface area contributed by atoms with Crippen molar-refractivity contribution in [2.24, 2.45) is 0 Å². The number of amides is 1. The van der Waals surface area contributed by atoms with Crippen LogP contribution < -0.4 is 9.64 Å². The van der Waals surface area contributed by atoms with Gasteiger partial charge in [-0.3, -0.25) is 4.79 Å². The van der Waals surface area contributed by atoms with Gasteiger partial charge >= 0.3 is 6.01 Å². The molecule has 0 radical (unpaired) electrons. The van der Waals surface area contributed by atoms with Crippen molar-refractivity contribution in [2.75, 3.05) is 44.7 Å². The first-order valence-corrected chi connectivity index (χ1v) is 14.7. The predicted octanol–water partition coefficient (Wildman–Crippen LogP) is 4.47. The number of hydrogen-bond donors (Lipinski definition) is 0. The topological polar surface area (TPSA) is 85.6 Å². The van der Waals surface area contributed by atoms with Crippen LogP contribution in [-0.4, -0.2) is 77.6 Å². The minimum absolute atomic E-state index is 0.0889. The van der Waals surface area contributed by atoms with Crippen molar-refractivity contribution in [3.63, 3.8) is 0 Å². The molecular formula is C31H34ClFN6O2. The van der Waals surface area contributed by atoms with E-state index in [1.54, 1.807) is 0 Å². The summed E-state index contributed by atoms with van der Waals surface area (Å²) in [6, 6.07) is 8.43. The number of likely N-dealkylation sites (N-methyl/N-ethyl adjacent to an activating group) is 1. The van der Waals surface area contributed by atoms with Crippen molar-refractivity contribution in [3.8, 4) is 12.1 Å². The lowest BCUT2D eigenvalue weighted by molar-refractivity contribution is -0.131. The molecule has 2 aliphatic heterocycles. The van der Waals surface area contributed by atoms with Gasteiger partial charge in [-0.25, -0.2) is 4.39 Å². The van der Waals surface area contributed by atoms with E-state index in [-0.39, 0.29) is 18.4 Å². The van der Waals surface area contributed by atoms with Crippen LogP contribution in [0.3, 0.4) is 0 Å². The summed E-state index contributed by atoms with van der Waals surface area (Å²) in [5.41, 5.74) is 4.11. The largest absolute Gasteiger partial charge is 0.462 e. The van der Waals surface area contributed by atoms with Crippen LogP contribution in [0, 0.1) is 11.3 Å². The Hall–Kier alpha value is -3.48. The van der Waals surface area contributed by atoms with Crippen LogP contribution in [0.25, 0.3) is 6.08 Å². The standard InChI is InChI=1S/C31H34ClFN6O2/c1-20(33)29(40)39-16-15-38(18-21(39)10-13-34)28-24-9-12-31(11-8-23-25(31)6-3-7-26(23)32)17-27(24)35-30(36-28)41-19-22-5-4-14-37(22)2/h3,6-8,11,21-22H,1,4-5,9-10,12,14-19H2,2H3/t21-,22-,31-/m0/s1. The van der Waals surface area contributed by atoms with Crippen molar-refractivity contribution >= 4 is 29.4 Å². The summed E-state index contributed by atoms with van der Waals surface area (Å²) in [5, 5.41) is 10.2. The molecule has 0 bridgehead atoms. The third kappa shape index (κ3) is 5.08. The molecule has 10 heteroatoms. The number of allylic oxidation sites excluding steroid dienone is 1. The van der Waals surface area contributed by atoms with E-state index in [1.807, 2.05) is 12.1 Å². The fourth-order valence-electron chi connectivity index (χ4n) is 6.92. The smallest absolute Gasteiger partial charge is 0.318 e. The number of likely N-dealkylation sites (tertiary alicyclic amines) is 1. The molecule has 1 amide bonds. The summed E-state index contributed by atoms with van der Waals surface area (Å²) in [6.45, 7) is 5.83. The molecule has 3 atom stereocenters. The second kappa shape index (κ2) is 11.1. The van der Waals surface area contributed by atoms with E-state index in [1.165, 1.54) is 10.5 Å². The van der Waals surface area contributed by atoms with Crippen LogP contribution in [0.2, 0.25) is 5.02 Å². The van der Waals surface area contributed by atoms with Gasteiger partial charge in [-0.2, -0.15) is 15.2 Å². The van der Waals surface area contributed by atoms with E-state index in [0.29, 0.717) is 38.2 Å². The molecule has 0 unspecified atom stereocenters. The maximum Gasteiger partial charge on any atom is 0.318 e. The number of fused-ring (bicyclic) bond motifs is 3. The van der Waals surface area contributed by atoms with E-state index in [4.69, 9.17) is 26.3 Å². The molecule has 0 N–H and O–H groups in total. The molecule has 3 heterocycles. The zero-order valence-corrected chi connectivity index (χ0v) is 24.0. The number of carbonyl (C=O) groups is 1. The van der Waals surface area contributed by atoms with Crippen molar-refractivity contribution in [2.45, 2.75) is 56.0 Å². The quantitative estimate of drug-likeness (QED) is 0.469. The van der Waals surface area contributed by atoms with Gasteiger partial charge in [-0.05, 0) is 56.5 Å². The molecule has 6 rings (SSSR count). The van der Waals surface area contributed by atoms with E-state index >= 15 is 0 Å². The molecule has 8 nitrogen and oxygen atoms in total. The minimum atomic E-state index is -1.01. The Kier molecular flexibility index (Phi) is 7.47. The van der Waals surface area contributed by atoms with Gasteiger partial charge in [0.25, 0.3) is 5.91 Å². The van der Waals surface area contributed by atoms with Gasteiger partial charge in [-0.15, -0.1) is 0 Å². The average Bonchev–Trinajstić information content (AvgIpc) is 3.54. The van der Waals surface area contributed by atoms with Crippen LogP contribution in [0.1, 0.15) is 48.1 Å². The Bertz CT molecular complexity index is 1460. The summed E-state index contributed by atoms with van der Waals surface area (Å²) < 4.78 is 20.0. The van der Waals surface area contributed by atoms with Crippen LogP contribution in [0.4, 0.5) is 10.2 Å². The Morgan fingerprint density at radius 2 is 2.15 bits per heavy atom. The maximum absolute atomic E-state index is 13.8. The lowest BCUT2D eigenvalue weighted by Gasteiger charge is -2.42. The number of rotatable bonds is 6. The van der Waals surface area contributed by atoms with Crippen LogP contribution in [-0.2, 0) is 23.1 Å². The van der Waals surface area contributed by atoms with Gasteiger partial charge in [-0.1, -0.05) is 42.5 Å². The van der Waals surface area contributed by atoms with Gasteiger partial charge in [0, 0.05) is 48.1 Å². The number of piperazine rings is 1. The molecule has 2 aliphatic carbocycles. The molecule has 214 valence electrons. The minimum Gasteiger partial charge on any atom is -0.462 e. The predicted molar refractivity (Wildman–Crippen MR) is 156 cm³/mol. The number of hydrogen-bond acceptors (Lipinski definition) is 7. The summed E-state index contributed by atoms with van der Waals surface area (Å²) in [4.78, 5) is 28.2. The lowest BCUT2D eigenvalue weighted by atomic mass is 9.70. The van der Waals surface area contributed by atoms with Gasteiger partial charge < -0.3 is 19.4 Å². The fraction of sp³-hybridized carbons (Fsp3) is 0.484. The van der Waals surface area contributed by atoms with Crippen molar-refractivity contribution in [1.29, 1.82) is 5.26 Å². The van der Waals surface area contributed by atoms with Crippen LogP contribution in [0.5, 0.6) is 6.01 Å². The van der Waals surface area contributed by atoms with Gasteiger partial charge in [0.1, 0.15) is 12.4 Å². The molecule has 1 aromatic heterocycles. The number of ether oxygens (including phenoxy) is 1. The van der Waals surface area contributed by atoms with Crippen molar-refractivity contribution in [3.05, 3.63) is 64.1 Å². The van der Waals surface area contributed by atoms with Crippen LogP contribution >= 0.6 is 11.6 Å². The normalized spacial score (nSPS) is 25.2. The molecule has 1 spiro atoms. The molecule has 0 saturated carbocycles. The highest BCUT2D eigenvalue weighted by Gasteiger charge is 2.42. The first-order valence-electron chi connectivity index (χ1n) is 14.3. The summed E-state index contributed by atoms with van der Waals surface area (Å²) >= 11 is 6.55. The highest BCUT2D eigenvalue weighted by atomic mass is 35.5. The Morgan fingerprint density at radius 1 is 1.29 bits per heavy atom. The van der Waals surface area contributed by atoms with Gasteiger partial charge in [0.2, 0.25) is 0 Å². The van der Waals surface area contributed by atoms with Crippen LogP contribution in [0.15, 0.2) is 36.7 Å². The SMILES string of the molecule is C=C(F)C(=O)N1CCN(c2nc(OC[C@@H]3CCCN3C)nc3c2CC[C@@]2(C=Cc4c(Cl)cccc42)C3)C[C@@H]1CC#N. The number of carbonyl (C=O) groups excluding carboxylic acids is 1. The second-order valence-corrected chi connectivity index (χ2v) is 12.0. The fourth-order valence-corrected chi connectivity index (χ4v) is 7.15. The second-order valence-electron chi connectivity index (χ2n) is 11.6. The van der Waals surface area contributed by atoms with E-state index in [2.05, 4.69) is 47.7 Å². The number of nitriles is 1. The van der Waals surface area contributed by atoms with Crippen molar-refractivity contribution in [1.82, 2.24) is 19.8 Å². The zero-order chi connectivity index (χ0) is 28.7. The van der Waals surface area contributed by atoms with E-state index in [9.17, 15) is 14.4 Å². The highest BCUT2D eigenvalue weighted by Crippen LogP contribution is 2.48. The monoisotopic (exact) mass is 576 g/mol. The highest BCUT2D eigenvalue weighted by molar-refractivity contribution is 6.32.